The molecule has 0 amide bonds. The highest BCUT2D eigenvalue weighted by Gasteiger charge is 2.20. The van der Waals surface area contributed by atoms with Crippen molar-refractivity contribution in [3.63, 3.8) is 0 Å². The molecule has 0 atom stereocenters. The van der Waals surface area contributed by atoms with Gasteiger partial charge in [0, 0.05) is 12.1 Å². The van der Waals surface area contributed by atoms with Gasteiger partial charge in [-0.3, -0.25) is 0 Å². The number of hydrogen-bond donors (Lipinski definition) is 1. The van der Waals surface area contributed by atoms with Gasteiger partial charge in [0.2, 0.25) is 0 Å². The molecular weight excluding hydrogens is 228 g/mol. The van der Waals surface area contributed by atoms with Gasteiger partial charge in [-0.25, -0.2) is 9.78 Å². The van der Waals surface area contributed by atoms with E-state index in [1.807, 2.05) is 16.7 Å². The van der Waals surface area contributed by atoms with E-state index in [2.05, 4.69) is 4.98 Å². The van der Waals surface area contributed by atoms with Gasteiger partial charge in [-0.1, -0.05) is 19.3 Å². The van der Waals surface area contributed by atoms with Crippen molar-refractivity contribution >= 4 is 11.5 Å². The first-order valence-electron chi connectivity index (χ1n) is 6.46. The molecule has 1 saturated carbocycles. The summed E-state index contributed by atoms with van der Waals surface area (Å²) in [4.78, 5) is 15.5. The molecule has 2 aromatic rings. The fraction of sp³-hybridized carbons (Fsp3) is 0.429. The minimum Gasteiger partial charge on any atom is -0.478 e. The number of carboxylic acids is 1. The second kappa shape index (κ2) is 4.44. The number of carboxylic acid groups (broad SMARTS) is 1. The molecule has 4 nitrogen and oxygen atoms in total. The topological polar surface area (TPSA) is 54.6 Å². The van der Waals surface area contributed by atoms with Crippen LogP contribution in [0.25, 0.3) is 5.52 Å². The van der Waals surface area contributed by atoms with Crippen molar-refractivity contribution in [3.8, 4) is 0 Å². The summed E-state index contributed by atoms with van der Waals surface area (Å²) >= 11 is 0. The van der Waals surface area contributed by atoms with Crippen LogP contribution in [0.2, 0.25) is 0 Å². The first-order valence-corrected chi connectivity index (χ1v) is 6.46. The number of rotatable bonds is 2. The molecule has 0 bridgehead atoms. The van der Waals surface area contributed by atoms with Crippen LogP contribution in [0.3, 0.4) is 0 Å². The Morgan fingerprint density at radius 3 is 2.78 bits per heavy atom. The largest absolute Gasteiger partial charge is 0.478 e. The summed E-state index contributed by atoms with van der Waals surface area (Å²) in [7, 11) is 0. The van der Waals surface area contributed by atoms with Crippen molar-refractivity contribution in [3.05, 3.63) is 35.9 Å². The summed E-state index contributed by atoms with van der Waals surface area (Å²) in [5, 5.41) is 9.05. The average molecular weight is 244 g/mol. The predicted octanol–water partition coefficient (Wildman–Crippen LogP) is 3.08. The monoisotopic (exact) mass is 244 g/mol. The second-order valence-corrected chi connectivity index (χ2v) is 4.97. The van der Waals surface area contributed by atoms with Gasteiger partial charge in [0.05, 0.1) is 17.3 Å². The van der Waals surface area contributed by atoms with Gasteiger partial charge in [0.15, 0.2) is 0 Å². The number of nitrogens with zero attached hydrogens (tertiary/aromatic N) is 2. The van der Waals surface area contributed by atoms with E-state index in [0.29, 0.717) is 11.5 Å². The van der Waals surface area contributed by atoms with E-state index in [9.17, 15) is 4.79 Å². The van der Waals surface area contributed by atoms with E-state index in [1.54, 1.807) is 12.3 Å². The van der Waals surface area contributed by atoms with Crippen molar-refractivity contribution in [2.24, 2.45) is 0 Å². The predicted molar refractivity (Wildman–Crippen MR) is 68.0 cm³/mol. The molecule has 94 valence electrons. The molecule has 0 spiro atoms. The zero-order valence-electron chi connectivity index (χ0n) is 10.2. The minimum atomic E-state index is -0.889. The molecule has 1 N–H and O–H groups in total. The van der Waals surface area contributed by atoms with Crippen molar-refractivity contribution in [1.82, 2.24) is 9.38 Å². The molecule has 0 aromatic carbocycles. The van der Waals surface area contributed by atoms with Crippen molar-refractivity contribution < 1.29 is 9.90 Å². The number of aromatic nitrogens is 2. The number of hydrogen-bond acceptors (Lipinski definition) is 2. The first-order chi connectivity index (χ1) is 8.75. The molecule has 0 radical (unpaired) electrons. The smallest absolute Gasteiger partial charge is 0.337 e. The molecule has 18 heavy (non-hydrogen) atoms. The van der Waals surface area contributed by atoms with Gasteiger partial charge in [-0.05, 0) is 25.0 Å². The number of carbonyl (C=O) groups is 1. The number of pyridine rings is 1. The summed E-state index contributed by atoms with van der Waals surface area (Å²) in [6.45, 7) is 0. The van der Waals surface area contributed by atoms with Crippen molar-refractivity contribution in [1.29, 1.82) is 0 Å². The standard InChI is InChI=1S/C14H16N2O2/c17-14(18)11-6-7-12-8-15-13(16(12)9-11)10-4-2-1-3-5-10/h6-10H,1-5H2,(H,17,18). The molecule has 0 saturated heterocycles. The quantitative estimate of drug-likeness (QED) is 0.883. The third-order valence-corrected chi connectivity index (χ3v) is 3.77. The van der Waals surface area contributed by atoms with E-state index in [4.69, 9.17) is 5.11 Å². The lowest BCUT2D eigenvalue weighted by molar-refractivity contribution is 0.0696. The molecule has 2 aromatic heterocycles. The number of fused-ring (bicyclic) bond motifs is 1. The average Bonchev–Trinajstić information content (AvgIpc) is 2.82. The van der Waals surface area contributed by atoms with E-state index >= 15 is 0 Å². The Bertz CT molecular complexity index is 582. The molecule has 2 heterocycles. The summed E-state index contributed by atoms with van der Waals surface area (Å²) in [6, 6.07) is 3.45. The third kappa shape index (κ3) is 1.88. The molecule has 4 heteroatoms. The lowest BCUT2D eigenvalue weighted by Gasteiger charge is -2.20. The molecule has 1 fully saturated rings. The Hall–Kier alpha value is -1.84. The second-order valence-electron chi connectivity index (χ2n) is 4.97. The van der Waals surface area contributed by atoms with Gasteiger partial charge >= 0.3 is 5.97 Å². The molecular formula is C14H16N2O2. The summed E-state index contributed by atoms with van der Waals surface area (Å²) < 4.78 is 1.94. The van der Waals surface area contributed by atoms with Crippen LogP contribution in [0.4, 0.5) is 0 Å². The maximum atomic E-state index is 11.0. The zero-order valence-corrected chi connectivity index (χ0v) is 10.2. The van der Waals surface area contributed by atoms with Crippen molar-refractivity contribution in [2.45, 2.75) is 38.0 Å². The summed E-state index contributed by atoms with van der Waals surface area (Å²) in [5.74, 6) is 0.610. The van der Waals surface area contributed by atoms with Crippen LogP contribution in [0.5, 0.6) is 0 Å². The Balaban J connectivity index is 2.05. The van der Waals surface area contributed by atoms with Gasteiger partial charge in [0.1, 0.15) is 5.82 Å². The Kier molecular flexibility index (Phi) is 2.78. The highest BCUT2D eigenvalue weighted by atomic mass is 16.4. The normalized spacial score (nSPS) is 17.1. The van der Waals surface area contributed by atoms with Crippen LogP contribution in [0.15, 0.2) is 24.5 Å². The molecule has 0 unspecified atom stereocenters. The summed E-state index contributed by atoms with van der Waals surface area (Å²) in [5.41, 5.74) is 1.29. The summed E-state index contributed by atoms with van der Waals surface area (Å²) in [6.07, 6.45) is 9.65. The van der Waals surface area contributed by atoms with Crippen LogP contribution in [0, 0.1) is 0 Å². The van der Waals surface area contributed by atoms with Gasteiger partial charge < -0.3 is 9.51 Å². The van der Waals surface area contributed by atoms with E-state index in [1.165, 1.54) is 19.3 Å². The van der Waals surface area contributed by atoms with Gasteiger partial charge in [0.25, 0.3) is 0 Å². The molecule has 3 rings (SSSR count). The number of aromatic carboxylic acids is 1. The lowest BCUT2D eigenvalue weighted by atomic mass is 9.89. The van der Waals surface area contributed by atoms with Gasteiger partial charge in [-0.15, -0.1) is 0 Å². The Morgan fingerprint density at radius 1 is 1.28 bits per heavy atom. The van der Waals surface area contributed by atoms with Crippen LogP contribution < -0.4 is 0 Å². The molecule has 1 aliphatic carbocycles. The van der Waals surface area contributed by atoms with Crippen LogP contribution in [0.1, 0.15) is 54.2 Å². The third-order valence-electron chi connectivity index (χ3n) is 3.77. The van der Waals surface area contributed by atoms with Crippen LogP contribution >= 0.6 is 0 Å². The molecule has 0 aliphatic heterocycles. The van der Waals surface area contributed by atoms with Crippen LogP contribution in [-0.4, -0.2) is 20.5 Å². The van der Waals surface area contributed by atoms with Crippen LogP contribution in [-0.2, 0) is 0 Å². The molecule has 1 aliphatic rings. The lowest BCUT2D eigenvalue weighted by Crippen LogP contribution is -2.09. The van der Waals surface area contributed by atoms with E-state index < -0.39 is 5.97 Å². The Morgan fingerprint density at radius 2 is 2.06 bits per heavy atom. The SMILES string of the molecule is O=C(O)c1ccc2cnc(C3CCCCC3)n2c1. The maximum absolute atomic E-state index is 11.0. The van der Waals surface area contributed by atoms with Gasteiger partial charge in [-0.2, -0.15) is 0 Å². The van der Waals surface area contributed by atoms with E-state index in [0.717, 1.165) is 24.2 Å². The minimum absolute atomic E-state index is 0.317. The van der Waals surface area contributed by atoms with E-state index in [-0.39, 0.29) is 0 Å². The van der Waals surface area contributed by atoms with Crippen molar-refractivity contribution in [2.75, 3.05) is 0 Å². The fourth-order valence-electron chi connectivity index (χ4n) is 2.80. The highest BCUT2D eigenvalue weighted by molar-refractivity contribution is 5.87. The number of imidazole rings is 1. The zero-order chi connectivity index (χ0) is 12.5. The first kappa shape index (κ1) is 11.3. The fourth-order valence-corrected chi connectivity index (χ4v) is 2.80. The highest BCUT2D eigenvalue weighted by Crippen LogP contribution is 2.32. The Labute approximate surface area is 105 Å². The maximum Gasteiger partial charge on any atom is 0.337 e.